The van der Waals surface area contributed by atoms with Gasteiger partial charge in [-0.05, 0) is 12.1 Å². The Balaban J connectivity index is 2.25. The van der Waals surface area contributed by atoms with Gasteiger partial charge in [-0.1, -0.05) is 48.5 Å². The zero-order valence-corrected chi connectivity index (χ0v) is 11.8. The van der Waals surface area contributed by atoms with E-state index < -0.39 is 15.8 Å². The van der Waals surface area contributed by atoms with E-state index in [2.05, 4.69) is 4.40 Å². The van der Waals surface area contributed by atoms with Crippen LogP contribution in [0.2, 0.25) is 0 Å². The third kappa shape index (κ3) is 4.25. The van der Waals surface area contributed by atoms with Gasteiger partial charge in [0.25, 0.3) is 10.0 Å². The molecule has 0 atom stereocenters. The van der Waals surface area contributed by atoms with Gasteiger partial charge in [-0.2, -0.15) is 8.42 Å². The zero-order chi connectivity index (χ0) is 15.3. The Kier molecular flexibility index (Phi) is 4.49. The number of hydrogen-bond acceptors (Lipinski definition) is 2. The van der Waals surface area contributed by atoms with Crippen LogP contribution in [0, 0.1) is 5.82 Å². The monoisotopic (exact) mass is 304 g/mol. The number of sulfonamides is 1. The van der Waals surface area contributed by atoms with Crippen LogP contribution in [0.3, 0.4) is 0 Å². The molecule has 0 aliphatic carbocycles. The molecule has 0 aliphatic heterocycles. The second kappa shape index (κ2) is 6.32. The molecule has 0 saturated carbocycles. The molecule has 0 unspecified atom stereocenters. The third-order valence-electron chi connectivity index (χ3n) is 2.62. The summed E-state index contributed by atoms with van der Waals surface area (Å²) in [5.41, 5.74) is 6.30. The van der Waals surface area contributed by atoms with Crippen LogP contribution in [0.5, 0.6) is 0 Å². The number of hydrogen-bond donors (Lipinski definition) is 1. The van der Waals surface area contributed by atoms with Gasteiger partial charge >= 0.3 is 0 Å². The highest BCUT2D eigenvalue weighted by atomic mass is 32.2. The van der Waals surface area contributed by atoms with Crippen molar-refractivity contribution in [2.45, 2.75) is 0 Å². The van der Waals surface area contributed by atoms with Crippen molar-refractivity contribution in [1.82, 2.24) is 0 Å². The second-order valence-electron chi connectivity index (χ2n) is 4.18. The van der Waals surface area contributed by atoms with E-state index in [0.29, 0.717) is 5.56 Å². The summed E-state index contributed by atoms with van der Waals surface area (Å²) >= 11 is 0. The predicted molar refractivity (Wildman–Crippen MR) is 81.5 cm³/mol. The fourth-order valence-electron chi connectivity index (χ4n) is 1.60. The molecule has 0 amide bonds. The molecule has 0 spiro atoms. The highest BCUT2D eigenvalue weighted by Gasteiger charge is 2.06. The average molecular weight is 304 g/mol. The van der Waals surface area contributed by atoms with Crippen LogP contribution in [-0.2, 0) is 10.0 Å². The fourth-order valence-corrected chi connectivity index (χ4v) is 2.36. The minimum Gasteiger partial charge on any atom is -0.383 e. The smallest absolute Gasteiger partial charge is 0.277 e. The minimum atomic E-state index is -3.93. The van der Waals surface area contributed by atoms with Crippen molar-refractivity contribution in [1.29, 1.82) is 0 Å². The Morgan fingerprint density at radius 1 is 1.05 bits per heavy atom. The predicted octanol–water partition coefficient (Wildman–Crippen LogP) is 2.53. The van der Waals surface area contributed by atoms with E-state index in [-0.39, 0.29) is 11.4 Å². The number of benzene rings is 2. The maximum Gasteiger partial charge on any atom is 0.277 e. The highest BCUT2D eigenvalue weighted by Crippen LogP contribution is 2.10. The molecule has 2 rings (SSSR count). The molecule has 6 heteroatoms. The van der Waals surface area contributed by atoms with E-state index in [0.717, 1.165) is 11.5 Å². The van der Waals surface area contributed by atoms with Crippen molar-refractivity contribution in [2.75, 3.05) is 0 Å². The van der Waals surface area contributed by atoms with Crippen molar-refractivity contribution < 1.29 is 12.8 Å². The highest BCUT2D eigenvalue weighted by molar-refractivity contribution is 7.93. The topological polar surface area (TPSA) is 72.5 Å². The van der Waals surface area contributed by atoms with Crippen LogP contribution in [0.15, 0.2) is 64.4 Å². The van der Waals surface area contributed by atoms with E-state index in [1.54, 1.807) is 36.4 Å². The second-order valence-corrected chi connectivity index (χ2v) is 5.67. The summed E-state index contributed by atoms with van der Waals surface area (Å²) < 4.78 is 40.5. The number of rotatable bonds is 4. The molecule has 0 aromatic heterocycles. The summed E-state index contributed by atoms with van der Waals surface area (Å²) in [7, 11) is -3.93. The van der Waals surface area contributed by atoms with E-state index >= 15 is 0 Å². The lowest BCUT2D eigenvalue weighted by Gasteiger charge is -1.99. The van der Waals surface area contributed by atoms with Gasteiger partial charge in [0.05, 0.1) is 5.41 Å². The summed E-state index contributed by atoms with van der Waals surface area (Å²) in [6.07, 6.45) is 1.15. The normalized spacial score (nSPS) is 12.7. The third-order valence-corrected chi connectivity index (χ3v) is 3.55. The van der Waals surface area contributed by atoms with Crippen LogP contribution in [0.1, 0.15) is 11.1 Å². The van der Waals surface area contributed by atoms with Gasteiger partial charge in [0.2, 0.25) is 0 Å². The number of nitrogens with two attached hydrogens (primary N) is 1. The molecule has 108 valence electrons. The molecule has 2 aromatic carbocycles. The van der Waals surface area contributed by atoms with Crippen molar-refractivity contribution in [2.24, 2.45) is 10.1 Å². The molecule has 0 heterocycles. The standard InChI is InChI=1S/C15H13FN2O2S/c16-14-9-5-4-6-12(14)10-11-21(19,20)18-15(17)13-7-2-1-3-8-13/h1-11H,(H2,17,18)/b11-10+. The van der Waals surface area contributed by atoms with E-state index in [1.165, 1.54) is 18.2 Å². The SMILES string of the molecule is N/C(=N/S(=O)(=O)/C=C/c1ccccc1F)c1ccccc1. The van der Waals surface area contributed by atoms with E-state index in [9.17, 15) is 12.8 Å². The van der Waals surface area contributed by atoms with Crippen molar-refractivity contribution in [3.8, 4) is 0 Å². The Morgan fingerprint density at radius 2 is 1.67 bits per heavy atom. The molecule has 0 bridgehead atoms. The fraction of sp³-hybridized carbons (Fsp3) is 0. The molecule has 0 fully saturated rings. The van der Waals surface area contributed by atoms with Crippen molar-refractivity contribution >= 4 is 21.9 Å². The Morgan fingerprint density at radius 3 is 2.33 bits per heavy atom. The van der Waals surface area contributed by atoms with Crippen LogP contribution in [0.4, 0.5) is 4.39 Å². The first kappa shape index (κ1) is 14.9. The zero-order valence-electron chi connectivity index (χ0n) is 11.0. The minimum absolute atomic E-state index is 0.117. The van der Waals surface area contributed by atoms with Gasteiger partial charge in [-0.15, -0.1) is 4.40 Å². The van der Waals surface area contributed by atoms with Gasteiger partial charge in [-0.3, -0.25) is 0 Å². The first-order valence-corrected chi connectivity index (χ1v) is 7.57. The Labute approximate surface area is 122 Å². The summed E-state index contributed by atoms with van der Waals surface area (Å²) in [5, 5.41) is 0.821. The van der Waals surface area contributed by atoms with Crippen LogP contribution in [0.25, 0.3) is 6.08 Å². The van der Waals surface area contributed by atoms with E-state index in [1.807, 2.05) is 0 Å². The first-order chi connectivity index (χ1) is 9.98. The number of halogens is 1. The summed E-state index contributed by atoms with van der Waals surface area (Å²) in [6, 6.07) is 14.4. The maximum absolute atomic E-state index is 13.4. The van der Waals surface area contributed by atoms with Gasteiger partial charge in [-0.25, -0.2) is 4.39 Å². The van der Waals surface area contributed by atoms with Crippen molar-refractivity contribution in [3.63, 3.8) is 0 Å². The summed E-state index contributed by atoms with van der Waals surface area (Å²) in [6.45, 7) is 0. The Bertz CT molecular complexity index is 784. The summed E-state index contributed by atoms with van der Waals surface area (Å²) in [5.74, 6) is -0.627. The van der Waals surface area contributed by atoms with Gasteiger partial charge in [0.15, 0.2) is 0 Å². The molecule has 4 nitrogen and oxygen atoms in total. The van der Waals surface area contributed by atoms with Gasteiger partial charge in [0, 0.05) is 11.1 Å². The number of nitrogens with zero attached hydrogens (tertiary/aromatic N) is 1. The quantitative estimate of drug-likeness (QED) is 0.697. The van der Waals surface area contributed by atoms with Crippen LogP contribution in [-0.4, -0.2) is 14.3 Å². The van der Waals surface area contributed by atoms with Crippen LogP contribution >= 0.6 is 0 Å². The van der Waals surface area contributed by atoms with E-state index in [4.69, 9.17) is 5.73 Å². The first-order valence-electron chi connectivity index (χ1n) is 6.06. The molecule has 2 aromatic rings. The number of amidine groups is 1. The molecular weight excluding hydrogens is 291 g/mol. The maximum atomic E-state index is 13.4. The molecule has 0 radical (unpaired) electrons. The Hall–Kier alpha value is -2.47. The average Bonchev–Trinajstić information content (AvgIpc) is 2.47. The lowest BCUT2D eigenvalue weighted by atomic mass is 10.2. The molecule has 0 aliphatic rings. The molecule has 0 saturated heterocycles. The summed E-state index contributed by atoms with van der Waals surface area (Å²) in [4.78, 5) is 0. The molecule has 21 heavy (non-hydrogen) atoms. The van der Waals surface area contributed by atoms with Gasteiger partial charge in [0.1, 0.15) is 11.7 Å². The largest absolute Gasteiger partial charge is 0.383 e. The van der Waals surface area contributed by atoms with Gasteiger partial charge < -0.3 is 5.73 Å². The molecule has 2 N–H and O–H groups in total. The van der Waals surface area contributed by atoms with Crippen LogP contribution < -0.4 is 5.73 Å². The lowest BCUT2D eigenvalue weighted by molar-refractivity contribution is 0.606. The van der Waals surface area contributed by atoms with Crippen molar-refractivity contribution in [3.05, 3.63) is 76.9 Å². The lowest BCUT2D eigenvalue weighted by Crippen LogP contribution is -2.15. The molecular formula is C15H13FN2O2S.